The molecule has 2 saturated heterocycles. The highest BCUT2D eigenvalue weighted by molar-refractivity contribution is 5.79. The lowest BCUT2D eigenvalue weighted by Gasteiger charge is -2.41. The number of carboxylic acids is 1. The van der Waals surface area contributed by atoms with E-state index >= 15 is 0 Å². The average Bonchev–Trinajstić information content (AvgIpc) is 2.15. The molecule has 0 saturated carbocycles. The van der Waals surface area contributed by atoms with Crippen molar-refractivity contribution in [3.05, 3.63) is 0 Å². The summed E-state index contributed by atoms with van der Waals surface area (Å²) in [6, 6.07) is 0.0180. The van der Waals surface area contributed by atoms with Crippen LogP contribution in [-0.2, 0) is 4.79 Å². The standard InChI is InChI=1S/C11H18N2O3/c1-8-2-4-12(5-3-8)11(16)13-6-9(7-13)10(14)15/h8-9H,2-7H2,1H3,(H,14,15). The maximum Gasteiger partial charge on any atom is 0.320 e. The zero-order valence-electron chi connectivity index (χ0n) is 9.56. The highest BCUT2D eigenvalue weighted by atomic mass is 16.4. The molecule has 90 valence electrons. The first-order chi connectivity index (χ1) is 7.58. The molecule has 0 unspecified atom stereocenters. The van der Waals surface area contributed by atoms with Crippen LogP contribution in [0.5, 0.6) is 0 Å². The molecule has 2 aliphatic rings. The van der Waals surface area contributed by atoms with Crippen molar-refractivity contribution < 1.29 is 14.7 Å². The van der Waals surface area contributed by atoms with Crippen molar-refractivity contribution in [2.24, 2.45) is 11.8 Å². The van der Waals surface area contributed by atoms with E-state index in [0.29, 0.717) is 19.0 Å². The van der Waals surface area contributed by atoms with Gasteiger partial charge in [0.2, 0.25) is 0 Å². The van der Waals surface area contributed by atoms with Gasteiger partial charge in [0, 0.05) is 26.2 Å². The monoisotopic (exact) mass is 226 g/mol. The van der Waals surface area contributed by atoms with Crippen LogP contribution in [0.25, 0.3) is 0 Å². The number of piperidine rings is 1. The second kappa shape index (κ2) is 4.31. The number of nitrogens with zero attached hydrogens (tertiary/aromatic N) is 2. The lowest BCUT2D eigenvalue weighted by atomic mass is 9.98. The molecule has 5 nitrogen and oxygen atoms in total. The minimum atomic E-state index is -0.795. The summed E-state index contributed by atoms with van der Waals surface area (Å²) < 4.78 is 0. The minimum Gasteiger partial charge on any atom is -0.481 e. The van der Waals surface area contributed by atoms with Gasteiger partial charge in [-0.25, -0.2) is 4.79 Å². The second-order valence-corrected chi connectivity index (χ2v) is 4.89. The van der Waals surface area contributed by atoms with Gasteiger partial charge in [-0.15, -0.1) is 0 Å². The quantitative estimate of drug-likeness (QED) is 0.721. The van der Waals surface area contributed by atoms with Gasteiger partial charge in [0.1, 0.15) is 0 Å². The molecule has 16 heavy (non-hydrogen) atoms. The van der Waals surface area contributed by atoms with Gasteiger partial charge < -0.3 is 14.9 Å². The highest BCUT2D eigenvalue weighted by Gasteiger charge is 2.37. The van der Waals surface area contributed by atoms with E-state index in [1.807, 2.05) is 4.90 Å². The smallest absolute Gasteiger partial charge is 0.320 e. The lowest BCUT2D eigenvalue weighted by molar-refractivity contribution is -0.146. The van der Waals surface area contributed by atoms with Gasteiger partial charge in [0.25, 0.3) is 0 Å². The Morgan fingerprint density at radius 3 is 2.19 bits per heavy atom. The molecule has 2 fully saturated rings. The molecule has 2 rings (SSSR count). The maximum atomic E-state index is 11.9. The molecule has 0 radical (unpaired) electrons. The topological polar surface area (TPSA) is 60.9 Å². The van der Waals surface area contributed by atoms with Gasteiger partial charge in [-0.1, -0.05) is 6.92 Å². The van der Waals surface area contributed by atoms with Crippen LogP contribution in [-0.4, -0.2) is 53.1 Å². The number of rotatable bonds is 1. The molecule has 0 aromatic heterocycles. The Morgan fingerprint density at radius 1 is 1.12 bits per heavy atom. The van der Waals surface area contributed by atoms with Crippen molar-refractivity contribution in [1.82, 2.24) is 9.80 Å². The first-order valence-corrected chi connectivity index (χ1v) is 5.84. The number of carbonyl (C=O) groups is 2. The highest BCUT2D eigenvalue weighted by Crippen LogP contribution is 2.21. The SMILES string of the molecule is CC1CCN(C(=O)N2CC(C(=O)O)C2)CC1. The van der Waals surface area contributed by atoms with Gasteiger partial charge in [-0.2, -0.15) is 0 Å². The Morgan fingerprint density at radius 2 is 1.69 bits per heavy atom. The third kappa shape index (κ3) is 2.13. The number of hydrogen-bond donors (Lipinski definition) is 1. The van der Waals surface area contributed by atoms with E-state index in [1.165, 1.54) is 0 Å². The molecular formula is C11H18N2O3. The van der Waals surface area contributed by atoms with Crippen molar-refractivity contribution in [3.8, 4) is 0 Å². The number of aliphatic carboxylic acids is 1. The molecule has 0 spiro atoms. The maximum absolute atomic E-state index is 11.9. The van der Waals surface area contributed by atoms with Gasteiger partial charge >= 0.3 is 12.0 Å². The number of urea groups is 1. The van der Waals surface area contributed by atoms with Gasteiger partial charge in [0.15, 0.2) is 0 Å². The largest absolute Gasteiger partial charge is 0.481 e. The zero-order chi connectivity index (χ0) is 11.7. The van der Waals surface area contributed by atoms with Crippen LogP contribution in [0.3, 0.4) is 0 Å². The molecular weight excluding hydrogens is 208 g/mol. The van der Waals surface area contributed by atoms with Crippen LogP contribution in [0, 0.1) is 11.8 Å². The minimum absolute atomic E-state index is 0.0180. The lowest BCUT2D eigenvalue weighted by Crippen LogP contribution is -2.58. The fraction of sp³-hybridized carbons (Fsp3) is 0.818. The molecule has 1 N–H and O–H groups in total. The summed E-state index contributed by atoms with van der Waals surface area (Å²) in [7, 11) is 0. The summed E-state index contributed by atoms with van der Waals surface area (Å²) in [6.07, 6.45) is 2.11. The summed E-state index contributed by atoms with van der Waals surface area (Å²) >= 11 is 0. The van der Waals surface area contributed by atoms with Crippen LogP contribution in [0.15, 0.2) is 0 Å². The van der Waals surface area contributed by atoms with Crippen molar-refractivity contribution in [2.45, 2.75) is 19.8 Å². The number of amides is 2. The van der Waals surface area contributed by atoms with Gasteiger partial charge in [0.05, 0.1) is 5.92 Å². The zero-order valence-corrected chi connectivity index (χ0v) is 9.56. The summed E-state index contributed by atoms with van der Waals surface area (Å²) in [5, 5.41) is 8.73. The second-order valence-electron chi connectivity index (χ2n) is 4.89. The van der Waals surface area contributed by atoms with Gasteiger partial charge in [-0.3, -0.25) is 4.79 Å². The molecule has 0 bridgehead atoms. The molecule has 2 heterocycles. The first kappa shape index (κ1) is 11.2. The summed E-state index contributed by atoms with van der Waals surface area (Å²) in [5.74, 6) is -0.448. The van der Waals surface area contributed by atoms with Crippen LogP contribution >= 0.6 is 0 Å². The Hall–Kier alpha value is -1.26. The number of carboxylic acid groups (broad SMARTS) is 1. The molecule has 2 aliphatic heterocycles. The predicted octanol–water partition coefficient (Wildman–Crippen LogP) is 0.855. The van der Waals surface area contributed by atoms with E-state index in [9.17, 15) is 9.59 Å². The number of carbonyl (C=O) groups excluding carboxylic acids is 1. The Labute approximate surface area is 95.0 Å². The molecule has 5 heteroatoms. The van der Waals surface area contributed by atoms with E-state index in [-0.39, 0.29) is 11.9 Å². The van der Waals surface area contributed by atoms with Crippen molar-refractivity contribution in [2.75, 3.05) is 26.2 Å². The van der Waals surface area contributed by atoms with E-state index in [1.54, 1.807) is 4.90 Å². The van der Waals surface area contributed by atoms with E-state index in [2.05, 4.69) is 6.92 Å². The molecule has 0 atom stereocenters. The van der Waals surface area contributed by atoms with Crippen LogP contribution in [0.4, 0.5) is 4.79 Å². The number of likely N-dealkylation sites (tertiary alicyclic amines) is 2. The average molecular weight is 226 g/mol. The predicted molar refractivity (Wildman–Crippen MR) is 58.1 cm³/mol. The fourth-order valence-corrected chi connectivity index (χ4v) is 2.19. The Bertz CT molecular complexity index is 292. The van der Waals surface area contributed by atoms with E-state index in [4.69, 9.17) is 5.11 Å². The molecule has 0 aromatic rings. The van der Waals surface area contributed by atoms with Crippen LogP contribution in [0.1, 0.15) is 19.8 Å². The Kier molecular flexibility index (Phi) is 3.03. The third-order valence-electron chi connectivity index (χ3n) is 3.56. The van der Waals surface area contributed by atoms with Gasteiger partial charge in [-0.05, 0) is 18.8 Å². The molecule has 2 amide bonds. The number of hydrogen-bond acceptors (Lipinski definition) is 2. The third-order valence-corrected chi connectivity index (χ3v) is 3.56. The Balaban J connectivity index is 1.79. The van der Waals surface area contributed by atoms with E-state index < -0.39 is 5.97 Å². The first-order valence-electron chi connectivity index (χ1n) is 5.84. The summed E-state index contributed by atoms with van der Waals surface area (Å²) in [4.78, 5) is 26.0. The molecule has 0 aromatic carbocycles. The van der Waals surface area contributed by atoms with Crippen molar-refractivity contribution in [3.63, 3.8) is 0 Å². The normalized spacial score (nSPS) is 23.1. The fourth-order valence-electron chi connectivity index (χ4n) is 2.19. The van der Waals surface area contributed by atoms with Crippen LogP contribution < -0.4 is 0 Å². The van der Waals surface area contributed by atoms with Crippen LogP contribution in [0.2, 0.25) is 0 Å². The van der Waals surface area contributed by atoms with E-state index in [0.717, 1.165) is 25.9 Å². The molecule has 0 aliphatic carbocycles. The van der Waals surface area contributed by atoms with Crippen molar-refractivity contribution >= 4 is 12.0 Å². The summed E-state index contributed by atoms with van der Waals surface area (Å²) in [6.45, 7) is 4.58. The summed E-state index contributed by atoms with van der Waals surface area (Å²) in [5.41, 5.74) is 0. The van der Waals surface area contributed by atoms with Crippen molar-refractivity contribution in [1.29, 1.82) is 0 Å².